The van der Waals surface area contributed by atoms with Crippen LogP contribution in [0.3, 0.4) is 0 Å². The lowest BCUT2D eigenvalue weighted by molar-refractivity contribution is 0.863. The summed E-state index contributed by atoms with van der Waals surface area (Å²) in [7, 11) is 0. The molecule has 0 saturated heterocycles. The van der Waals surface area contributed by atoms with Gasteiger partial charge in [-0.15, -0.1) is 0 Å². The lowest BCUT2D eigenvalue weighted by Crippen LogP contribution is -2.11. The quantitative estimate of drug-likeness (QED) is 0.865. The van der Waals surface area contributed by atoms with Crippen molar-refractivity contribution in [3.8, 4) is 0 Å². The Morgan fingerprint density at radius 2 is 1.95 bits per heavy atom. The number of benzene rings is 1. The molecular weight excluding hydrogens is 258 g/mol. The van der Waals surface area contributed by atoms with E-state index in [0.717, 1.165) is 30.8 Å². The Kier molecular flexibility index (Phi) is 3.38. The van der Waals surface area contributed by atoms with Crippen LogP contribution in [0.4, 0.5) is 5.82 Å². The molecule has 1 aliphatic rings. The Morgan fingerprint density at radius 3 is 2.74 bits per heavy atom. The molecule has 4 heteroatoms. The summed E-state index contributed by atoms with van der Waals surface area (Å²) >= 11 is 6.00. The van der Waals surface area contributed by atoms with E-state index in [4.69, 9.17) is 11.6 Å². The molecule has 1 aromatic carbocycles. The summed E-state index contributed by atoms with van der Waals surface area (Å²) in [6.07, 6.45) is 3.18. The number of aryl methyl sites for hydroxylation is 1. The zero-order valence-corrected chi connectivity index (χ0v) is 11.6. The highest BCUT2D eigenvalue weighted by Gasteiger charge is 2.20. The molecule has 0 radical (unpaired) electrons. The molecule has 19 heavy (non-hydrogen) atoms. The van der Waals surface area contributed by atoms with Gasteiger partial charge in [-0.1, -0.05) is 30.3 Å². The largest absolute Gasteiger partial charge is 0.363 e. The van der Waals surface area contributed by atoms with Crippen molar-refractivity contribution in [3.63, 3.8) is 0 Å². The zero-order valence-electron chi connectivity index (χ0n) is 10.9. The number of hydrogen-bond donors (Lipinski definition) is 1. The van der Waals surface area contributed by atoms with Gasteiger partial charge in [0.1, 0.15) is 5.82 Å². The molecule has 1 atom stereocenters. The summed E-state index contributed by atoms with van der Waals surface area (Å²) in [6, 6.07) is 10.5. The topological polar surface area (TPSA) is 37.8 Å². The van der Waals surface area contributed by atoms with Crippen LogP contribution >= 0.6 is 11.6 Å². The van der Waals surface area contributed by atoms with Gasteiger partial charge in [-0.05, 0) is 43.4 Å². The molecule has 0 saturated carbocycles. The molecule has 0 fully saturated rings. The van der Waals surface area contributed by atoms with Crippen LogP contribution < -0.4 is 5.32 Å². The molecule has 3 rings (SSSR count). The summed E-state index contributed by atoms with van der Waals surface area (Å²) in [5.41, 5.74) is 3.57. The van der Waals surface area contributed by atoms with Crippen LogP contribution in [0.2, 0.25) is 5.28 Å². The molecule has 0 aliphatic heterocycles. The third-order valence-corrected chi connectivity index (χ3v) is 3.73. The van der Waals surface area contributed by atoms with Gasteiger partial charge in [-0.3, -0.25) is 0 Å². The fraction of sp³-hybridized carbons (Fsp3) is 0.333. The predicted molar refractivity (Wildman–Crippen MR) is 77.5 cm³/mol. The van der Waals surface area contributed by atoms with Gasteiger partial charge < -0.3 is 5.32 Å². The molecule has 98 valence electrons. The van der Waals surface area contributed by atoms with Gasteiger partial charge in [0.15, 0.2) is 0 Å². The summed E-state index contributed by atoms with van der Waals surface area (Å²) < 4.78 is 0. The fourth-order valence-electron chi connectivity index (χ4n) is 2.55. The van der Waals surface area contributed by atoms with Gasteiger partial charge in [-0.2, -0.15) is 0 Å². The predicted octanol–water partition coefficient (Wildman–Crippen LogP) is 3.79. The highest BCUT2D eigenvalue weighted by molar-refractivity contribution is 6.28. The molecular formula is C15H16ClN3. The summed E-state index contributed by atoms with van der Waals surface area (Å²) in [5.74, 6) is 0.892. The monoisotopic (exact) mass is 273 g/mol. The zero-order chi connectivity index (χ0) is 13.2. The van der Waals surface area contributed by atoms with Crippen LogP contribution in [0.25, 0.3) is 0 Å². The molecule has 0 bridgehead atoms. The maximum Gasteiger partial charge on any atom is 0.224 e. The van der Waals surface area contributed by atoms with Crippen molar-refractivity contribution in [1.82, 2.24) is 9.97 Å². The van der Waals surface area contributed by atoms with Crippen LogP contribution in [0.1, 0.15) is 36.2 Å². The minimum atomic E-state index is 0.205. The maximum atomic E-state index is 6.00. The van der Waals surface area contributed by atoms with Crippen LogP contribution in [-0.4, -0.2) is 9.97 Å². The van der Waals surface area contributed by atoms with Crippen molar-refractivity contribution in [1.29, 1.82) is 0 Å². The third-order valence-electron chi connectivity index (χ3n) is 3.56. The first-order valence-electron chi connectivity index (χ1n) is 6.61. The fourth-order valence-corrected chi connectivity index (χ4v) is 2.74. The molecule has 3 nitrogen and oxygen atoms in total. The lowest BCUT2D eigenvalue weighted by atomic mass is 10.1. The van der Waals surface area contributed by atoms with E-state index in [-0.39, 0.29) is 6.04 Å². The Labute approximate surface area is 118 Å². The van der Waals surface area contributed by atoms with Gasteiger partial charge in [-0.25, -0.2) is 9.97 Å². The average molecular weight is 274 g/mol. The van der Waals surface area contributed by atoms with Crippen LogP contribution in [0, 0.1) is 0 Å². The van der Waals surface area contributed by atoms with Crippen molar-refractivity contribution in [2.75, 3.05) is 5.32 Å². The molecule has 2 aromatic rings. The average Bonchev–Trinajstić information content (AvgIpc) is 2.88. The van der Waals surface area contributed by atoms with Crippen LogP contribution in [0.15, 0.2) is 30.3 Å². The van der Waals surface area contributed by atoms with Crippen molar-refractivity contribution < 1.29 is 0 Å². The second-order valence-corrected chi connectivity index (χ2v) is 5.23. The Balaban J connectivity index is 1.88. The Morgan fingerprint density at radius 1 is 1.16 bits per heavy atom. The Bertz CT molecular complexity index is 583. The first kappa shape index (κ1) is 12.4. The molecule has 0 spiro atoms. The highest BCUT2D eigenvalue weighted by atomic mass is 35.5. The molecule has 1 unspecified atom stereocenters. The number of rotatable bonds is 3. The molecule has 1 heterocycles. The van der Waals surface area contributed by atoms with E-state index in [9.17, 15) is 0 Å². The van der Waals surface area contributed by atoms with E-state index >= 15 is 0 Å². The van der Waals surface area contributed by atoms with Gasteiger partial charge in [0.2, 0.25) is 5.28 Å². The molecule has 1 N–H and O–H groups in total. The lowest BCUT2D eigenvalue weighted by Gasteiger charge is -2.17. The summed E-state index contributed by atoms with van der Waals surface area (Å²) in [5, 5.41) is 3.80. The van der Waals surface area contributed by atoms with Crippen molar-refractivity contribution in [3.05, 3.63) is 52.4 Å². The second-order valence-electron chi connectivity index (χ2n) is 4.90. The number of nitrogens with one attached hydrogen (secondary N) is 1. The summed E-state index contributed by atoms with van der Waals surface area (Å²) in [6.45, 7) is 2.13. The first-order valence-corrected chi connectivity index (χ1v) is 6.98. The first-order chi connectivity index (χ1) is 9.24. The SMILES string of the molecule is CC(Nc1nc(Cl)nc2c1CCC2)c1ccccc1. The van der Waals surface area contributed by atoms with E-state index in [0.29, 0.717) is 5.28 Å². The normalized spacial score (nSPS) is 15.1. The van der Waals surface area contributed by atoms with E-state index in [1.165, 1.54) is 11.1 Å². The standard InChI is InChI=1S/C15H16ClN3/c1-10(11-6-3-2-4-7-11)17-14-12-8-5-9-13(12)18-15(16)19-14/h2-4,6-7,10H,5,8-9H2,1H3,(H,17,18,19). The van der Waals surface area contributed by atoms with E-state index in [1.807, 2.05) is 18.2 Å². The van der Waals surface area contributed by atoms with Gasteiger partial charge >= 0.3 is 0 Å². The maximum absolute atomic E-state index is 6.00. The molecule has 1 aliphatic carbocycles. The van der Waals surface area contributed by atoms with E-state index in [1.54, 1.807) is 0 Å². The van der Waals surface area contributed by atoms with Crippen molar-refractivity contribution in [2.24, 2.45) is 0 Å². The van der Waals surface area contributed by atoms with Crippen LogP contribution in [-0.2, 0) is 12.8 Å². The minimum Gasteiger partial charge on any atom is -0.363 e. The van der Waals surface area contributed by atoms with Gasteiger partial charge in [0.05, 0.1) is 5.69 Å². The van der Waals surface area contributed by atoms with Gasteiger partial charge in [0.25, 0.3) is 0 Å². The summed E-state index contributed by atoms with van der Waals surface area (Å²) in [4.78, 5) is 8.66. The number of nitrogens with zero attached hydrogens (tertiary/aromatic N) is 2. The van der Waals surface area contributed by atoms with Crippen LogP contribution in [0.5, 0.6) is 0 Å². The number of fused-ring (bicyclic) bond motifs is 1. The number of aromatic nitrogens is 2. The number of hydrogen-bond acceptors (Lipinski definition) is 3. The van der Waals surface area contributed by atoms with Gasteiger partial charge in [0, 0.05) is 11.6 Å². The Hall–Kier alpha value is -1.61. The van der Waals surface area contributed by atoms with E-state index in [2.05, 4.69) is 34.3 Å². The highest BCUT2D eigenvalue weighted by Crippen LogP contribution is 2.29. The molecule has 1 aromatic heterocycles. The van der Waals surface area contributed by atoms with Crippen molar-refractivity contribution in [2.45, 2.75) is 32.2 Å². The van der Waals surface area contributed by atoms with E-state index < -0.39 is 0 Å². The number of halogens is 1. The molecule has 0 amide bonds. The third kappa shape index (κ3) is 2.56. The second kappa shape index (κ2) is 5.17. The number of anilines is 1. The smallest absolute Gasteiger partial charge is 0.224 e. The minimum absolute atomic E-state index is 0.205. The van der Waals surface area contributed by atoms with Crippen molar-refractivity contribution >= 4 is 17.4 Å².